The van der Waals surface area contributed by atoms with Crippen molar-refractivity contribution in [1.82, 2.24) is 14.9 Å². The molecule has 0 aliphatic carbocycles. The van der Waals surface area contributed by atoms with Gasteiger partial charge < -0.3 is 14.5 Å². The monoisotopic (exact) mass is 548 g/mol. The third kappa shape index (κ3) is 5.66. The SMILES string of the molecule is COCCN(CCOC)Cc1cnc(-c2c[nH]c3c(N(C(C)C)S(=O)(=O)c4cccs4)cccc23)s1. The van der Waals surface area contributed by atoms with Crippen molar-refractivity contribution in [2.24, 2.45) is 0 Å². The number of aromatic amines is 1. The molecule has 4 rings (SSSR count). The molecule has 3 aromatic heterocycles. The van der Waals surface area contributed by atoms with Gasteiger partial charge in [-0.3, -0.25) is 9.21 Å². The normalized spacial score (nSPS) is 12.3. The summed E-state index contributed by atoms with van der Waals surface area (Å²) in [7, 11) is -0.279. The van der Waals surface area contributed by atoms with Gasteiger partial charge in [-0.2, -0.15) is 0 Å². The van der Waals surface area contributed by atoms with E-state index in [2.05, 4.69) is 9.88 Å². The summed E-state index contributed by atoms with van der Waals surface area (Å²) in [6, 6.07) is 8.91. The Balaban J connectivity index is 1.66. The molecule has 0 fully saturated rings. The zero-order valence-corrected chi connectivity index (χ0v) is 23.4. The molecule has 4 aromatic rings. The highest BCUT2D eigenvalue weighted by Gasteiger charge is 2.30. The molecule has 3 heterocycles. The second-order valence-electron chi connectivity index (χ2n) is 8.62. The first-order valence-electron chi connectivity index (χ1n) is 11.7. The van der Waals surface area contributed by atoms with E-state index >= 15 is 0 Å². The quantitative estimate of drug-likeness (QED) is 0.252. The van der Waals surface area contributed by atoms with Crippen molar-refractivity contribution in [2.75, 3.05) is 44.8 Å². The zero-order valence-electron chi connectivity index (χ0n) is 20.9. The average Bonchev–Trinajstić information content (AvgIpc) is 3.61. The molecule has 0 aliphatic heterocycles. The van der Waals surface area contributed by atoms with Gasteiger partial charge in [0, 0.05) is 68.1 Å². The Morgan fingerprint density at radius 3 is 2.47 bits per heavy atom. The van der Waals surface area contributed by atoms with Gasteiger partial charge >= 0.3 is 0 Å². The maximum atomic E-state index is 13.5. The molecule has 36 heavy (non-hydrogen) atoms. The first-order valence-corrected chi connectivity index (χ1v) is 14.8. The summed E-state index contributed by atoms with van der Waals surface area (Å²) >= 11 is 2.87. The number of anilines is 1. The predicted molar refractivity (Wildman–Crippen MR) is 148 cm³/mol. The molecule has 0 spiro atoms. The Labute approximate surface area is 220 Å². The molecular formula is C25H32N4O4S3. The fraction of sp³-hybridized carbons (Fsp3) is 0.400. The van der Waals surface area contributed by atoms with Gasteiger partial charge in [0.25, 0.3) is 10.0 Å². The van der Waals surface area contributed by atoms with Gasteiger partial charge in [-0.25, -0.2) is 13.4 Å². The largest absolute Gasteiger partial charge is 0.383 e. The Kier molecular flexibility index (Phi) is 8.81. The number of hydrogen-bond acceptors (Lipinski definition) is 8. The summed E-state index contributed by atoms with van der Waals surface area (Å²) in [5.74, 6) is 0. The van der Waals surface area contributed by atoms with Crippen molar-refractivity contribution in [2.45, 2.75) is 30.6 Å². The summed E-state index contributed by atoms with van der Waals surface area (Å²) < 4.78 is 39.3. The van der Waals surface area contributed by atoms with E-state index in [1.54, 1.807) is 43.1 Å². The number of para-hydroxylation sites is 1. The molecule has 8 nitrogen and oxygen atoms in total. The number of aromatic nitrogens is 2. The van der Waals surface area contributed by atoms with Crippen LogP contribution in [0.3, 0.4) is 0 Å². The number of fused-ring (bicyclic) bond motifs is 1. The number of benzene rings is 1. The maximum Gasteiger partial charge on any atom is 0.274 e. The van der Waals surface area contributed by atoms with E-state index < -0.39 is 10.0 Å². The van der Waals surface area contributed by atoms with Gasteiger partial charge in [-0.15, -0.1) is 22.7 Å². The molecule has 0 saturated heterocycles. The standard InChI is InChI=1S/C25H32N4O4S3/c1-18(2)29(36(30,31)23-9-6-14-34-23)22-8-5-7-20-21(16-26-24(20)22)25-27-15-19(35-25)17-28(10-12-32-3)11-13-33-4/h5-9,14-16,18,26H,10-13,17H2,1-4H3. The Hall–Kier alpha value is -2.28. The summed E-state index contributed by atoms with van der Waals surface area (Å²) in [4.78, 5) is 11.5. The molecule has 0 unspecified atom stereocenters. The average molecular weight is 549 g/mol. The number of hydrogen-bond donors (Lipinski definition) is 1. The molecule has 1 aromatic carbocycles. The van der Waals surface area contributed by atoms with Gasteiger partial charge in [0.15, 0.2) is 0 Å². The van der Waals surface area contributed by atoms with Gasteiger partial charge in [-0.05, 0) is 31.4 Å². The predicted octanol–water partition coefficient (Wildman–Crippen LogP) is 5.05. The minimum Gasteiger partial charge on any atom is -0.383 e. The van der Waals surface area contributed by atoms with Crippen LogP contribution in [0.5, 0.6) is 0 Å². The van der Waals surface area contributed by atoms with E-state index in [1.807, 2.05) is 44.4 Å². The van der Waals surface area contributed by atoms with Crippen molar-refractivity contribution < 1.29 is 17.9 Å². The molecule has 0 aliphatic rings. The molecule has 11 heteroatoms. The number of thiazole rings is 1. The summed E-state index contributed by atoms with van der Waals surface area (Å²) in [6.45, 7) is 7.47. The van der Waals surface area contributed by atoms with Gasteiger partial charge in [-0.1, -0.05) is 18.2 Å². The lowest BCUT2D eigenvalue weighted by Crippen LogP contribution is -2.36. The van der Waals surface area contributed by atoms with Gasteiger partial charge in [0.2, 0.25) is 0 Å². The number of nitrogens with zero attached hydrogens (tertiary/aromatic N) is 3. The van der Waals surface area contributed by atoms with Crippen LogP contribution in [-0.2, 0) is 26.0 Å². The van der Waals surface area contributed by atoms with Gasteiger partial charge in [0.1, 0.15) is 9.22 Å². The molecule has 194 valence electrons. The van der Waals surface area contributed by atoms with E-state index in [1.165, 1.54) is 15.6 Å². The Morgan fingerprint density at radius 1 is 1.08 bits per heavy atom. The number of methoxy groups -OCH3 is 2. The second-order valence-corrected chi connectivity index (χ2v) is 12.7. The van der Waals surface area contributed by atoms with Crippen molar-refractivity contribution in [3.63, 3.8) is 0 Å². The second kappa shape index (κ2) is 11.8. The number of H-pyrrole nitrogens is 1. The van der Waals surface area contributed by atoms with Crippen molar-refractivity contribution in [3.05, 3.63) is 53.0 Å². The van der Waals surface area contributed by atoms with Crippen LogP contribution in [0, 0.1) is 0 Å². The van der Waals surface area contributed by atoms with Crippen LogP contribution in [0.2, 0.25) is 0 Å². The summed E-state index contributed by atoms with van der Waals surface area (Å²) in [5, 5.41) is 3.62. The minimum atomic E-state index is -3.69. The zero-order chi connectivity index (χ0) is 25.7. The van der Waals surface area contributed by atoms with E-state index in [9.17, 15) is 8.42 Å². The highest BCUT2D eigenvalue weighted by atomic mass is 32.2. The molecule has 0 amide bonds. The van der Waals surface area contributed by atoms with E-state index in [0.717, 1.165) is 46.0 Å². The number of ether oxygens (including phenoxy) is 2. The molecule has 0 saturated carbocycles. The Morgan fingerprint density at radius 2 is 1.83 bits per heavy atom. The van der Waals surface area contributed by atoms with E-state index in [0.29, 0.717) is 23.1 Å². The lowest BCUT2D eigenvalue weighted by Gasteiger charge is -2.28. The Bertz CT molecular complexity index is 1360. The number of sulfonamides is 1. The fourth-order valence-electron chi connectivity index (χ4n) is 4.13. The van der Waals surface area contributed by atoms with Crippen LogP contribution in [0.4, 0.5) is 5.69 Å². The highest BCUT2D eigenvalue weighted by molar-refractivity contribution is 7.94. The van der Waals surface area contributed by atoms with Crippen LogP contribution >= 0.6 is 22.7 Å². The maximum absolute atomic E-state index is 13.5. The van der Waals surface area contributed by atoms with Crippen LogP contribution in [-0.4, -0.2) is 69.9 Å². The van der Waals surface area contributed by atoms with Crippen LogP contribution in [0.25, 0.3) is 21.5 Å². The first-order chi connectivity index (χ1) is 17.4. The molecule has 0 bridgehead atoms. The topological polar surface area (TPSA) is 87.8 Å². The smallest absolute Gasteiger partial charge is 0.274 e. The van der Waals surface area contributed by atoms with Crippen LogP contribution < -0.4 is 4.31 Å². The third-order valence-corrected chi connectivity index (χ3v) is 10.2. The van der Waals surface area contributed by atoms with Crippen LogP contribution in [0.1, 0.15) is 18.7 Å². The van der Waals surface area contributed by atoms with Crippen LogP contribution in [0.15, 0.2) is 52.3 Å². The summed E-state index contributed by atoms with van der Waals surface area (Å²) in [6.07, 6.45) is 3.83. The minimum absolute atomic E-state index is 0.258. The molecule has 0 radical (unpaired) electrons. The first kappa shape index (κ1) is 26.8. The van der Waals surface area contributed by atoms with Crippen molar-refractivity contribution in [3.8, 4) is 10.6 Å². The lowest BCUT2D eigenvalue weighted by atomic mass is 10.1. The highest BCUT2D eigenvalue weighted by Crippen LogP contribution is 2.38. The number of thiophene rings is 1. The van der Waals surface area contributed by atoms with Crippen molar-refractivity contribution in [1.29, 1.82) is 0 Å². The van der Waals surface area contributed by atoms with Crippen molar-refractivity contribution >= 4 is 49.3 Å². The third-order valence-electron chi connectivity index (χ3n) is 5.79. The lowest BCUT2D eigenvalue weighted by molar-refractivity contribution is 0.111. The molecular weight excluding hydrogens is 517 g/mol. The van der Waals surface area contributed by atoms with Gasteiger partial charge in [0.05, 0.1) is 24.4 Å². The summed E-state index contributed by atoms with van der Waals surface area (Å²) in [5.41, 5.74) is 2.37. The fourth-order valence-corrected chi connectivity index (χ4v) is 7.87. The van der Waals surface area contributed by atoms with E-state index in [4.69, 9.17) is 14.5 Å². The number of nitrogens with one attached hydrogen (secondary N) is 1. The van der Waals surface area contributed by atoms with E-state index in [-0.39, 0.29) is 6.04 Å². The molecule has 0 atom stereocenters. The molecule has 1 N–H and O–H groups in total. The number of rotatable bonds is 13.